The summed E-state index contributed by atoms with van der Waals surface area (Å²) in [6.45, 7) is 5.39. The molecule has 0 radical (unpaired) electrons. The fourth-order valence-electron chi connectivity index (χ4n) is 3.94. The number of hydrogen-bond donors (Lipinski definition) is 0. The molecule has 0 saturated carbocycles. The van der Waals surface area contributed by atoms with Crippen LogP contribution >= 0.6 is 0 Å². The third-order valence-electron chi connectivity index (χ3n) is 5.00. The molecule has 5 nitrogen and oxygen atoms in total. The molecule has 2 saturated heterocycles. The molecule has 1 unspecified atom stereocenters. The van der Waals surface area contributed by atoms with E-state index in [1.165, 1.54) is 12.1 Å². The molecule has 0 N–H and O–H groups in total. The zero-order chi connectivity index (χ0) is 20.7. The molecule has 0 aromatic heterocycles. The first-order chi connectivity index (χ1) is 13.0. The van der Waals surface area contributed by atoms with E-state index in [-0.39, 0.29) is 29.5 Å². The molecule has 3 rings (SSSR count). The highest BCUT2D eigenvalue weighted by Gasteiger charge is 2.46. The summed E-state index contributed by atoms with van der Waals surface area (Å²) in [5, 5.41) is 8.87. The molecule has 2 heterocycles. The van der Waals surface area contributed by atoms with Gasteiger partial charge in [0.15, 0.2) is 0 Å². The SMILES string of the molecule is CC(C)(C)OC(=O)N1[C@@H]2CC[C@H]1CC(Oc1ccc(C#N)cc1C(F)(F)F)C2. The standard InChI is InChI=1S/C20H23F3N2O3/c1-19(2,3)28-18(26)25-13-5-6-14(25)10-15(9-13)27-17-7-4-12(11-24)8-16(17)20(21,22)23/h4,7-8,13-15H,5-6,9-10H2,1-3H3/t13-,14+,15?. The molecule has 2 fully saturated rings. The topological polar surface area (TPSA) is 62.6 Å². The van der Waals surface area contributed by atoms with Crippen molar-refractivity contribution in [1.82, 2.24) is 4.90 Å². The molecular formula is C20H23F3N2O3. The number of piperidine rings is 1. The van der Waals surface area contributed by atoms with E-state index in [9.17, 15) is 18.0 Å². The van der Waals surface area contributed by atoms with Crippen LogP contribution in [0.15, 0.2) is 18.2 Å². The molecule has 2 aliphatic heterocycles. The van der Waals surface area contributed by atoms with Crippen LogP contribution in [-0.4, -0.2) is 34.8 Å². The van der Waals surface area contributed by atoms with Crippen LogP contribution in [0.4, 0.5) is 18.0 Å². The summed E-state index contributed by atoms with van der Waals surface area (Å²) in [5.74, 6) is -0.276. The first kappa shape index (κ1) is 20.3. The maximum absolute atomic E-state index is 13.4. The Morgan fingerprint density at radius 1 is 1.18 bits per heavy atom. The summed E-state index contributed by atoms with van der Waals surface area (Å²) in [5.41, 5.74) is -1.62. The van der Waals surface area contributed by atoms with Crippen LogP contribution in [0.2, 0.25) is 0 Å². The van der Waals surface area contributed by atoms with Gasteiger partial charge in [-0.05, 0) is 51.8 Å². The fourth-order valence-corrected chi connectivity index (χ4v) is 3.94. The summed E-state index contributed by atoms with van der Waals surface area (Å²) in [6.07, 6.45) is -2.96. The Hall–Kier alpha value is -2.43. The molecule has 3 atom stereocenters. The Labute approximate surface area is 162 Å². The van der Waals surface area contributed by atoms with Gasteiger partial charge in [0.2, 0.25) is 0 Å². The average molecular weight is 396 g/mol. The monoisotopic (exact) mass is 396 g/mol. The van der Waals surface area contributed by atoms with E-state index in [4.69, 9.17) is 14.7 Å². The molecule has 2 bridgehead atoms. The van der Waals surface area contributed by atoms with Crippen LogP contribution in [0.1, 0.15) is 57.6 Å². The molecular weight excluding hydrogens is 373 g/mol. The van der Waals surface area contributed by atoms with E-state index in [0.29, 0.717) is 12.8 Å². The van der Waals surface area contributed by atoms with Crippen LogP contribution in [0.3, 0.4) is 0 Å². The lowest BCUT2D eigenvalue weighted by molar-refractivity contribution is -0.139. The van der Waals surface area contributed by atoms with Gasteiger partial charge >= 0.3 is 12.3 Å². The summed E-state index contributed by atoms with van der Waals surface area (Å²) in [4.78, 5) is 14.2. The lowest BCUT2D eigenvalue weighted by atomic mass is 10.00. The van der Waals surface area contributed by atoms with Crippen molar-refractivity contribution in [2.45, 2.75) is 76.4 Å². The molecule has 8 heteroatoms. The highest BCUT2D eigenvalue weighted by molar-refractivity contribution is 5.69. The number of amides is 1. The summed E-state index contributed by atoms with van der Waals surface area (Å²) < 4.78 is 51.2. The zero-order valence-electron chi connectivity index (χ0n) is 16.0. The minimum absolute atomic E-state index is 0.0699. The number of alkyl halides is 3. The second-order valence-corrected chi connectivity index (χ2v) is 8.30. The quantitative estimate of drug-likeness (QED) is 0.714. The van der Waals surface area contributed by atoms with Gasteiger partial charge in [-0.15, -0.1) is 0 Å². The van der Waals surface area contributed by atoms with Crippen molar-refractivity contribution >= 4 is 6.09 Å². The Morgan fingerprint density at radius 2 is 1.79 bits per heavy atom. The molecule has 28 heavy (non-hydrogen) atoms. The number of carbonyl (C=O) groups is 1. The second-order valence-electron chi connectivity index (χ2n) is 8.30. The maximum atomic E-state index is 13.4. The van der Waals surface area contributed by atoms with Crippen LogP contribution in [-0.2, 0) is 10.9 Å². The number of nitrogens with zero attached hydrogens (tertiary/aromatic N) is 2. The van der Waals surface area contributed by atoms with E-state index in [1.807, 2.05) is 0 Å². The lowest BCUT2D eigenvalue weighted by Crippen LogP contribution is -2.50. The minimum Gasteiger partial charge on any atom is -0.490 e. The number of halogens is 3. The highest BCUT2D eigenvalue weighted by Crippen LogP contribution is 2.41. The second kappa shape index (κ2) is 7.19. The Balaban J connectivity index is 1.74. The Kier molecular flexibility index (Phi) is 5.22. The largest absolute Gasteiger partial charge is 0.490 e. The number of nitriles is 1. The minimum atomic E-state index is -4.61. The van der Waals surface area contributed by atoms with Crippen molar-refractivity contribution < 1.29 is 27.4 Å². The molecule has 2 aliphatic rings. The van der Waals surface area contributed by atoms with Crippen molar-refractivity contribution in [2.24, 2.45) is 0 Å². The highest BCUT2D eigenvalue weighted by atomic mass is 19.4. The van der Waals surface area contributed by atoms with Crippen LogP contribution < -0.4 is 4.74 Å². The number of benzene rings is 1. The molecule has 1 aromatic carbocycles. The summed E-state index contributed by atoms with van der Waals surface area (Å²) in [6, 6.07) is 4.82. The normalized spacial score (nSPS) is 24.6. The third-order valence-corrected chi connectivity index (χ3v) is 5.00. The van der Waals surface area contributed by atoms with E-state index in [1.54, 1.807) is 31.7 Å². The summed E-state index contributed by atoms with van der Waals surface area (Å²) >= 11 is 0. The fraction of sp³-hybridized carbons (Fsp3) is 0.600. The Bertz CT molecular complexity index is 781. The molecule has 1 aromatic rings. The van der Waals surface area contributed by atoms with E-state index >= 15 is 0 Å². The lowest BCUT2D eigenvalue weighted by Gasteiger charge is -2.39. The van der Waals surface area contributed by atoms with Crippen molar-refractivity contribution in [3.63, 3.8) is 0 Å². The van der Waals surface area contributed by atoms with Crippen molar-refractivity contribution in [1.29, 1.82) is 5.26 Å². The van der Waals surface area contributed by atoms with Crippen molar-refractivity contribution in [2.75, 3.05) is 0 Å². The van der Waals surface area contributed by atoms with Gasteiger partial charge in [0, 0.05) is 24.9 Å². The molecule has 0 aliphatic carbocycles. The smallest absolute Gasteiger partial charge is 0.420 e. The van der Waals surface area contributed by atoms with Crippen LogP contribution in [0, 0.1) is 11.3 Å². The van der Waals surface area contributed by atoms with E-state index < -0.39 is 23.4 Å². The average Bonchev–Trinajstić information content (AvgIpc) is 2.84. The van der Waals surface area contributed by atoms with Crippen LogP contribution in [0.5, 0.6) is 5.75 Å². The van der Waals surface area contributed by atoms with Crippen LogP contribution in [0.25, 0.3) is 0 Å². The van der Waals surface area contributed by atoms with Gasteiger partial charge in [0.25, 0.3) is 0 Å². The number of carbonyl (C=O) groups excluding carboxylic acids is 1. The predicted octanol–water partition coefficient (Wildman–Crippen LogP) is 4.89. The van der Waals surface area contributed by atoms with Gasteiger partial charge < -0.3 is 14.4 Å². The van der Waals surface area contributed by atoms with Gasteiger partial charge in [-0.2, -0.15) is 18.4 Å². The van der Waals surface area contributed by atoms with Crippen molar-refractivity contribution in [3.8, 4) is 11.8 Å². The summed E-state index contributed by atoms with van der Waals surface area (Å²) in [7, 11) is 0. The van der Waals surface area contributed by atoms with Gasteiger partial charge in [-0.3, -0.25) is 0 Å². The van der Waals surface area contributed by atoms with Gasteiger partial charge in [0.05, 0.1) is 17.2 Å². The first-order valence-corrected chi connectivity index (χ1v) is 9.27. The molecule has 1 amide bonds. The number of fused-ring (bicyclic) bond motifs is 2. The van der Waals surface area contributed by atoms with Gasteiger partial charge in [0.1, 0.15) is 17.5 Å². The third kappa shape index (κ3) is 4.34. The molecule has 0 spiro atoms. The number of hydrogen-bond acceptors (Lipinski definition) is 4. The van der Waals surface area contributed by atoms with Gasteiger partial charge in [-0.25, -0.2) is 4.79 Å². The first-order valence-electron chi connectivity index (χ1n) is 9.27. The van der Waals surface area contributed by atoms with Crippen molar-refractivity contribution in [3.05, 3.63) is 29.3 Å². The Morgan fingerprint density at radius 3 is 2.29 bits per heavy atom. The number of ether oxygens (including phenoxy) is 2. The zero-order valence-corrected chi connectivity index (χ0v) is 16.0. The van der Waals surface area contributed by atoms with E-state index in [0.717, 1.165) is 18.9 Å². The van der Waals surface area contributed by atoms with E-state index in [2.05, 4.69) is 0 Å². The maximum Gasteiger partial charge on any atom is 0.420 e. The predicted molar refractivity (Wildman–Crippen MR) is 94.7 cm³/mol. The molecule has 152 valence electrons. The van der Waals surface area contributed by atoms with Gasteiger partial charge in [-0.1, -0.05) is 0 Å². The number of rotatable bonds is 2.